The molecule has 30 heavy (non-hydrogen) atoms. The standard InChI is InChI=1S/C21H26Cl2N2O4S/c1-20(2,3)12-7-11(8-13(18(12)26)21(4,5)6)19(27)25-16-9-14(22)15(23)10-17(16)30(24,28)29/h7-10,26H,1-6H3,(H,25,27)(H2,24,28,29). The molecule has 0 aliphatic heterocycles. The lowest BCUT2D eigenvalue weighted by Gasteiger charge is -2.28. The minimum Gasteiger partial charge on any atom is -0.507 e. The molecule has 164 valence electrons. The Kier molecular flexibility index (Phi) is 6.56. The van der Waals surface area contributed by atoms with E-state index >= 15 is 0 Å². The molecule has 0 heterocycles. The van der Waals surface area contributed by atoms with E-state index in [1.165, 1.54) is 6.07 Å². The van der Waals surface area contributed by atoms with Gasteiger partial charge in [-0.25, -0.2) is 13.6 Å². The number of hydrogen-bond donors (Lipinski definition) is 3. The van der Waals surface area contributed by atoms with Gasteiger partial charge in [-0.1, -0.05) is 64.7 Å². The fourth-order valence-corrected chi connectivity index (χ4v) is 4.06. The monoisotopic (exact) mass is 472 g/mol. The van der Waals surface area contributed by atoms with Crippen molar-refractivity contribution < 1.29 is 18.3 Å². The summed E-state index contributed by atoms with van der Waals surface area (Å²) in [6, 6.07) is 5.51. The average Bonchev–Trinajstić information content (AvgIpc) is 2.54. The number of carbonyl (C=O) groups excluding carboxylic acids is 1. The predicted octanol–water partition coefficient (Wildman–Crippen LogP) is 5.19. The van der Waals surface area contributed by atoms with E-state index < -0.39 is 26.8 Å². The molecule has 0 atom stereocenters. The first-order valence-corrected chi connectivity index (χ1v) is 11.4. The van der Waals surface area contributed by atoms with Crippen LogP contribution in [0.25, 0.3) is 0 Å². The number of phenols is 1. The normalized spacial score (nSPS) is 12.7. The van der Waals surface area contributed by atoms with Gasteiger partial charge in [-0.05, 0) is 35.1 Å². The van der Waals surface area contributed by atoms with Crippen molar-refractivity contribution in [3.05, 3.63) is 51.0 Å². The number of hydrogen-bond acceptors (Lipinski definition) is 4. The number of benzene rings is 2. The highest BCUT2D eigenvalue weighted by atomic mass is 35.5. The largest absolute Gasteiger partial charge is 0.507 e. The molecule has 1 amide bonds. The van der Waals surface area contributed by atoms with E-state index in [0.717, 1.165) is 6.07 Å². The van der Waals surface area contributed by atoms with Crippen molar-refractivity contribution in [1.82, 2.24) is 0 Å². The third kappa shape index (κ3) is 5.27. The van der Waals surface area contributed by atoms with Crippen LogP contribution >= 0.6 is 23.2 Å². The van der Waals surface area contributed by atoms with Crippen LogP contribution in [0.4, 0.5) is 5.69 Å². The highest BCUT2D eigenvalue weighted by molar-refractivity contribution is 7.89. The third-order valence-corrected chi connectivity index (χ3v) is 6.24. The van der Waals surface area contributed by atoms with Crippen molar-refractivity contribution in [3.8, 4) is 5.75 Å². The number of primary sulfonamides is 1. The predicted molar refractivity (Wildman–Crippen MR) is 121 cm³/mol. The van der Waals surface area contributed by atoms with E-state index in [-0.39, 0.29) is 31.9 Å². The van der Waals surface area contributed by atoms with E-state index in [1.54, 1.807) is 12.1 Å². The maximum Gasteiger partial charge on any atom is 0.255 e. The molecule has 6 nitrogen and oxygen atoms in total. The van der Waals surface area contributed by atoms with Crippen LogP contribution in [0.15, 0.2) is 29.2 Å². The van der Waals surface area contributed by atoms with E-state index in [1.807, 2.05) is 41.5 Å². The van der Waals surface area contributed by atoms with Crippen molar-refractivity contribution in [2.45, 2.75) is 57.3 Å². The first kappa shape index (κ1) is 24.5. The second-order valence-corrected chi connectivity index (χ2v) is 11.5. The highest BCUT2D eigenvalue weighted by Gasteiger charge is 2.28. The minimum atomic E-state index is -4.17. The van der Waals surface area contributed by atoms with Gasteiger partial charge >= 0.3 is 0 Å². The summed E-state index contributed by atoms with van der Waals surface area (Å²) < 4.78 is 23.9. The maximum absolute atomic E-state index is 13.1. The quantitative estimate of drug-likeness (QED) is 0.570. The molecule has 9 heteroatoms. The molecule has 0 unspecified atom stereocenters. The van der Waals surface area contributed by atoms with Gasteiger partial charge in [0.05, 0.1) is 15.7 Å². The van der Waals surface area contributed by atoms with Crippen molar-refractivity contribution in [2.24, 2.45) is 5.14 Å². The molecule has 0 aliphatic rings. The Hall–Kier alpha value is -1.80. The van der Waals surface area contributed by atoms with Crippen LogP contribution in [0.3, 0.4) is 0 Å². The zero-order valence-electron chi connectivity index (χ0n) is 17.7. The molecule has 0 aliphatic carbocycles. The Morgan fingerprint density at radius 3 is 1.77 bits per heavy atom. The summed E-state index contributed by atoms with van der Waals surface area (Å²) in [5.74, 6) is -0.444. The van der Waals surface area contributed by atoms with Gasteiger partial charge in [0.25, 0.3) is 5.91 Å². The van der Waals surface area contributed by atoms with Crippen LogP contribution in [0.5, 0.6) is 5.75 Å². The summed E-state index contributed by atoms with van der Waals surface area (Å²) in [5.41, 5.74) is 0.501. The summed E-state index contributed by atoms with van der Waals surface area (Å²) in [5, 5.41) is 18.7. The molecule has 2 rings (SSSR count). The molecular formula is C21H26Cl2N2O4S. The molecule has 0 fully saturated rings. The zero-order valence-corrected chi connectivity index (χ0v) is 20.1. The Balaban J connectivity index is 2.65. The van der Waals surface area contributed by atoms with Crippen LogP contribution in [-0.2, 0) is 20.9 Å². The van der Waals surface area contributed by atoms with Gasteiger partial charge in [-0.3, -0.25) is 4.79 Å². The number of amides is 1. The number of phenolic OH excluding ortho intramolecular Hbond substituents is 1. The van der Waals surface area contributed by atoms with Crippen LogP contribution in [-0.4, -0.2) is 19.4 Å². The lowest BCUT2D eigenvalue weighted by Crippen LogP contribution is -2.22. The van der Waals surface area contributed by atoms with Gasteiger partial charge in [-0.15, -0.1) is 0 Å². The number of halogens is 2. The SMILES string of the molecule is CC(C)(C)c1cc(C(=O)Nc2cc(Cl)c(Cl)cc2S(N)(=O)=O)cc(C(C)(C)C)c1O. The lowest BCUT2D eigenvalue weighted by molar-refractivity contribution is 0.102. The molecule has 0 aromatic heterocycles. The fraction of sp³-hybridized carbons (Fsp3) is 0.381. The molecule has 2 aromatic rings. The first-order valence-electron chi connectivity index (χ1n) is 9.14. The van der Waals surface area contributed by atoms with Gasteiger partial charge < -0.3 is 10.4 Å². The second-order valence-electron chi connectivity index (χ2n) is 9.18. The third-order valence-electron chi connectivity index (χ3n) is 4.57. The van der Waals surface area contributed by atoms with Crippen molar-refractivity contribution >= 4 is 44.8 Å². The molecule has 0 radical (unpaired) electrons. The maximum atomic E-state index is 13.1. The van der Waals surface area contributed by atoms with Gasteiger partial charge in [0.1, 0.15) is 10.6 Å². The minimum absolute atomic E-state index is 0.00615. The first-order chi connectivity index (χ1) is 13.4. The van der Waals surface area contributed by atoms with Crippen molar-refractivity contribution in [2.75, 3.05) is 5.32 Å². The lowest BCUT2D eigenvalue weighted by atomic mass is 9.78. The number of nitrogens with one attached hydrogen (secondary N) is 1. The summed E-state index contributed by atoms with van der Waals surface area (Å²) in [7, 11) is -4.17. The van der Waals surface area contributed by atoms with Gasteiger partial charge in [0, 0.05) is 16.7 Å². The molecule has 0 spiro atoms. The van der Waals surface area contributed by atoms with Crippen molar-refractivity contribution in [1.29, 1.82) is 0 Å². The van der Waals surface area contributed by atoms with Crippen LogP contribution in [0.2, 0.25) is 10.0 Å². The summed E-state index contributed by atoms with van der Waals surface area (Å²) in [6.45, 7) is 11.5. The fourth-order valence-electron chi connectivity index (χ4n) is 2.97. The molecule has 0 saturated carbocycles. The molecule has 2 aromatic carbocycles. The topological polar surface area (TPSA) is 109 Å². The van der Waals surface area contributed by atoms with Crippen LogP contribution < -0.4 is 10.5 Å². The van der Waals surface area contributed by atoms with Crippen LogP contribution in [0.1, 0.15) is 63.0 Å². The Labute approximate surface area is 187 Å². The number of sulfonamides is 1. The Morgan fingerprint density at radius 2 is 1.37 bits per heavy atom. The second kappa shape index (κ2) is 8.04. The molecule has 0 bridgehead atoms. The number of carbonyl (C=O) groups is 1. The molecule has 4 N–H and O–H groups in total. The van der Waals surface area contributed by atoms with E-state index in [4.69, 9.17) is 28.3 Å². The molecular weight excluding hydrogens is 447 g/mol. The average molecular weight is 473 g/mol. The Morgan fingerprint density at radius 1 is 0.933 bits per heavy atom. The summed E-state index contributed by atoms with van der Waals surface area (Å²) in [4.78, 5) is 12.7. The number of anilines is 1. The van der Waals surface area contributed by atoms with E-state index in [0.29, 0.717) is 11.1 Å². The van der Waals surface area contributed by atoms with E-state index in [9.17, 15) is 18.3 Å². The van der Waals surface area contributed by atoms with Gasteiger partial charge in [0.2, 0.25) is 10.0 Å². The smallest absolute Gasteiger partial charge is 0.255 e. The number of nitrogens with two attached hydrogens (primary N) is 1. The van der Waals surface area contributed by atoms with Crippen LogP contribution in [0, 0.1) is 0 Å². The molecule has 0 saturated heterocycles. The summed E-state index contributed by atoms with van der Waals surface area (Å²) in [6.07, 6.45) is 0. The number of rotatable bonds is 3. The van der Waals surface area contributed by atoms with Gasteiger partial charge in [-0.2, -0.15) is 0 Å². The van der Waals surface area contributed by atoms with E-state index in [2.05, 4.69) is 5.32 Å². The summed E-state index contributed by atoms with van der Waals surface area (Å²) >= 11 is 11.9. The van der Waals surface area contributed by atoms with Crippen molar-refractivity contribution in [3.63, 3.8) is 0 Å². The Bertz CT molecular complexity index is 1080. The zero-order chi connectivity index (χ0) is 23.2. The van der Waals surface area contributed by atoms with Gasteiger partial charge in [0.15, 0.2) is 0 Å². The highest BCUT2D eigenvalue weighted by Crippen LogP contribution is 2.40. The number of aromatic hydroxyl groups is 1.